The summed E-state index contributed by atoms with van der Waals surface area (Å²) in [7, 11) is 0. The maximum atomic E-state index is 12.3. The van der Waals surface area contributed by atoms with Crippen molar-refractivity contribution >= 4 is 50.4 Å². The Balaban J connectivity index is 1.48. The number of hydrazone groups is 1. The molecule has 1 amide bonds. The molecule has 2 aromatic carbocycles. The Kier molecular flexibility index (Phi) is 5.77. The highest BCUT2D eigenvalue weighted by atomic mass is 79.9. The Morgan fingerprint density at radius 3 is 2.77 bits per heavy atom. The van der Waals surface area contributed by atoms with E-state index in [1.54, 1.807) is 24.3 Å². The van der Waals surface area contributed by atoms with Gasteiger partial charge in [-0.1, -0.05) is 22.0 Å². The van der Waals surface area contributed by atoms with Crippen LogP contribution in [0.4, 0.5) is 11.4 Å². The van der Waals surface area contributed by atoms with Gasteiger partial charge in [0.25, 0.3) is 5.69 Å². The summed E-state index contributed by atoms with van der Waals surface area (Å²) in [6, 6.07) is 11.9. The van der Waals surface area contributed by atoms with Crippen LogP contribution in [-0.4, -0.2) is 43.3 Å². The van der Waals surface area contributed by atoms with Crippen molar-refractivity contribution < 1.29 is 18.9 Å². The Hall–Kier alpha value is -3.24. The second kappa shape index (κ2) is 8.64. The lowest BCUT2D eigenvalue weighted by molar-refractivity contribution is -0.384. The second-order valence-corrected chi connectivity index (χ2v) is 7.51. The minimum absolute atomic E-state index is 0.0185. The number of hydrogen-bond donors (Lipinski definition) is 1. The smallest absolute Gasteiger partial charge is 0.307 e. The topological polar surface area (TPSA) is 110 Å². The fourth-order valence-electron chi connectivity index (χ4n) is 3.19. The Morgan fingerprint density at radius 2 is 2.00 bits per heavy atom. The molecule has 0 aliphatic carbocycles. The summed E-state index contributed by atoms with van der Waals surface area (Å²) in [4.78, 5) is 25.3. The second-order valence-electron chi connectivity index (χ2n) is 6.60. The molecule has 4 rings (SSSR count). The van der Waals surface area contributed by atoms with Crippen molar-refractivity contribution in [1.29, 1.82) is 0 Å². The molecule has 3 aromatic rings. The molecule has 0 spiro atoms. The van der Waals surface area contributed by atoms with Crippen LogP contribution in [0.3, 0.4) is 0 Å². The molecule has 0 saturated carbocycles. The molecule has 1 aromatic heterocycles. The molecular weight excluding hydrogens is 456 g/mol. The minimum Gasteiger partial charge on any atom is -0.451 e. The fraction of sp³-hybridized carbons (Fsp3) is 0.200. The lowest BCUT2D eigenvalue weighted by Crippen LogP contribution is -2.36. The Labute approximate surface area is 179 Å². The standard InChI is InChI=1S/C20H17BrN4O5/c21-15-2-4-18-14(10-15)11-19(30-18)20(26)23-22-12-13-1-3-16(17(9-13)25(27)28)24-5-7-29-8-6-24/h1-4,9-12H,5-8H2,(H,23,26). The lowest BCUT2D eigenvalue weighted by Gasteiger charge is -2.28. The van der Waals surface area contributed by atoms with E-state index in [4.69, 9.17) is 9.15 Å². The van der Waals surface area contributed by atoms with Crippen molar-refractivity contribution in [3.63, 3.8) is 0 Å². The summed E-state index contributed by atoms with van der Waals surface area (Å²) in [5.74, 6) is -0.396. The predicted octanol–water partition coefficient (Wildman–Crippen LogP) is 3.70. The van der Waals surface area contributed by atoms with Crippen LogP contribution in [-0.2, 0) is 4.74 Å². The molecule has 30 heavy (non-hydrogen) atoms. The number of hydrogen-bond acceptors (Lipinski definition) is 7. The minimum atomic E-state index is -0.516. The zero-order valence-corrected chi connectivity index (χ0v) is 17.3. The first-order valence-electron chi connectivity index (χ1n) is 9.15. The summed E-state index contributed by atoms with van der Waals surface area (Å²) in [6.07, 6.45) is 1.35. The van der Waals surface area contributed by atoms with Gasteiger partial charge < -0.3 is 14.1 Å². The molecule has 0 unspecified atom stereocenters. The van der Waals surface area contributed by atoms with Crippen molar-refractivity contribution in [2.45, 2.75) is 0 Å². The number of halogens is 1. The number of nitro groups is 1. The van der Waals surface area contributed by atoms with Crippen molar-refractivity contribution in [2.75, 3.05) is 31.2 Å². The first-order valence-corrected chi connectivity index (χ1v) is 9.94. The molecule has 154 valence electrons. The van der Waals surface area contributed by atoms with E-state index in [1.165, 1.54) is 12.3 Å². The van der Waals surface area contributed by atoms with Gasteiger partial charge in [-0.15, -0.1) is 0 Å². The van der Waals surface area contributed by atoms with E-state index in [2.05, 4.69) is 26.5 Å². The van der Waals surface area contributed by atoms with Gasteiger partial charge >= 0.3 is 5.91 Å². The predicted molar refractivity (Wildman–Crippen MR) is 115 cm³/mol. The highest BCUT2D eigenvalue weighted by Gasteiger charge is 2.21. The van der Waals surface area contributed by atoms with Crippen molar-refractivity contribution in [3.8, 4) is 0 Å². The van der Waals surface area contributed by atoms with Gasteiger partial charge in [0.1, 0.15) is 11.3 Å². The normalized spacial score (nSPS) is 14.4. The third-order valence-electron chi connectivity index (χ3n) is 4.63. The molecule has 10 heteroatoms. The number of ether oxygens (including phenoxy) is 1. The number of carbonyl (C=O) groups excluding carboxylic acids is 1. The number of nitrogens with zero attached hydrogens (tertiary/aromatic N) is 3. The van der Waals surface area contributed by atoms with Gasteiger partial charge in [0.05, 0.1) is 24.4 Å². The summed E-state index contributed by atoms with van der Waals surface area (Å²) >= 11 is 3.37. The van der Waals surface area contributed by atoms with Gasteiger partial charge in [0.2, 0.25) is 0 Å². The monoisotopic (exact) mass is 472 g/mol. The Morgan fingerprint density at radius 1 is 1.20 bits per heavy atom. The molecule has 1 aliphatic heterocycles. The van der Waals surface area contributed by atoms with Crippen LogP contribution in [0.15, 0.2) is 56.5 Å². The summed E-state index contributed by atoms with van der Waals surface area (Å²) in [6.45, 7) is 2.26. The van der Waals surface area contributed by atoms with Crippen LogP contribution in [0.2, 0.25) is 0 Å². The zero-order chi connectivity index (χ0) is 21.1. The van der Waals surface area contributed by atoms with Crippen molar-refractivity contribution in [1.82, 2.24) is 5.43 Å². The van der Waals surface area contributed by atoms with E-state index in [0.717, 1.165) is 9.86 Å². The van der Waals surface area contributed by atoms with E-state index < -0.39 is 10.8 Å². The number of amides is 1. The number of morpholine rings is 1. The van der Waals surface area contributed by atoms with Crippen LogP contribution in [0, 0.1) is 10.1 Å². The molecule has 0 atom stereocenters. The third kappa shape index (κ3) is 4.34. The first-order chi connectivity index (χ1) is 14.5. The summed E-state index contributed by atoms with van der Waals surface area (Å²) in [5, 5.41) is 16.2. The first kappa shape index (κ1) is 20.0. The van der Waals surface area contributed by atoms with Crippen molar-refractivity contribution in [3.05, 3.63) is 68.4 Å². The number of nitrogens with one attached hydrogen (secondary N) is 1. The molecule has 1 aliphatic rings. The fourth-order valence-corrected chi connectivity index (χ4v) is 3.56. The van der Waals surface area contributed by atoms with Gasteiger partial charge in [0.15, 0.2) is 5.76 Å². The van der Waals surface area contributed by atoms with E-state index in [-0.39, 0.29) is 11.4 Å². The Bertz CT molecular complexity index is 1140. The van der Waals surface area contributed by atoms with Gasteiger partial charge in [-0.2, -0.15) is 5.10 Å². The maximum absolute atomic E-state index is 12.3. The van der Waals surface area contributed by atoms with E-state index in [1.807, 2.05) is 17.0 Å². The molecule has 1 N–H and O–H groups in total. The number of carbonyl (C=O) groups is 1. The van der Waals surface area contributed by atoms with Gasteiger partial charge in [-0.3, -0.25) is 14.9 Å². The number of furan rings is 1. The van der Waals surface area contributed by atoms with Crippen LogP contribution in [0.25, 0.3) is 11.0 Å². The summed E-state index contributed by atoms with van der Waals surface area (Å²) < 4.78 is 11.7. The maximum Gasteiger partial charge on any atom is 0.307 e. The van der Waals surface area contributed by atoms with Gasteiger partial charge in [-0.05, 0) is 30.3 Å². The molecular formula is C20H17BrN4O5. The van der Waals surface area contributed by atoms with E-state index in [0.29, 0.717) is 43.1 Å². The molecule has 0 bridgehead atoms. The lowest BCUT2D eigenvalue weighted by atomic mass is 10.1. The average Bonchev–Trinajstić information content (AvgIpc) is 3.17. The van der Waals surface area contributed by atoms with Gasteiger partial charge in [-0.25, -0.2) is 5.43 Å². The largest absolute Gasteiger partial charge is 0.451 e. The molecule has 9 nitrogen and oxygen atoms in total. The number of rotatable bonds is 5. The number of benzene rings is 2. The van der Waals surface area contributed by atoms with Crippen LogP contribution >= 0.6 is 15.9 Å². The summed E-state index contributed by atoms with van der Waals surface area (Å²) in [5.41, 5.74) is 3.98. The third-order valence-corrected chi connectivity index (χ3v) is 5.12. The zero-order valence-electron chi connectivity index (χ0n) is 15.7. The van der Waals surface area contributed by atoms with Crippen molar-refractivity contribution in [2.24, 2.45) is 5.10 Å². The van der Waals surface area contributed by atoms with Crippen LogP contribution in [0.5, 0.6) is 0 Å². The number of anilines is 1. The highest BCUT2D eigenvalue weighted by molar-refractivity contribution is 9.10. The molecule has 1 fully saturated rings. The van der Waals surface area contributed by atoms with Gasteiger partial charge in [0, 0.05) is 34.6 Å². The van der Waals surface area contributed by atoms with Crippen LogP contribution < -0.4 is 10.3 Å². The van der Waals surface area contributed by atoms with E-state index >= 15 is 0 Å². The molecule has 0 radical (unpaired) electrons. The average molecular weight is 473 g/mol. The number of fused-ring (bicyclic) bond motifs is 1. The highest BCUT2D eigenvalue weighted by Crippen LogP contribution is 2.29. The molecule has 2 heterocycles. The SMILES string of the molecule is O=C(NN=Cc1ccc(N2CCOCC2)c([N+](=O)[O-])c1)c1cc2cc(Br)ccc2o1. The number of nitro benzene ring substituents is 1. The molecule has 1 saturated heterocycles. The quantitative estimate of drug-likeness (QED) is 0.344. The van der Waals surface area contributed by atoms with E-state index in [9.17, 15) is 14.9 Å². The van der Waals surface area contributed by atoms with Crippen LogP contribution in [0.1, 0.15) is 16.1 Å².